The molecule has 0 aliphatic rings. The van der Waals surface area contributed by atoms with Gasteiger partial charge in [-0.3, -0.25) is 0 Å². The van der Waals surface area contributed by atoms with E-state index in [9.17, 15) is 13.2 Å². The zero-order valence-corrected chi connectivity index (χ0v) is 9.20. The van der Waals surface area contributed by atoms with Crippen molar-refractivity contribution in [2.45, 2.75) is 39.8 Å². The van der Waals surface area contributed by atoms with Gasteiger partial charge >= 0.3 is 6.18 Å². The maximum atomic E-state index is 12.6. The zero-order chi connectivity index (χ0) is 11.6. The van der Waals surface area contributed by atoms with Gasteiger partial charge in [0.05, 0.1) is 5.56 Å². The van der Waals surface area contributed by atoms with Gasteiger partial charge in [-0.1, -0.05) is 19.4 Å². The molecule has 0 nitrogen and oxygen atoms in total. The molecule has 0 heterocycles. The van der Waals surface area contributed by atoms with Crippen LogP contribution in [0.5, 0.6) is 0 Å². The number of halogens is 3. The van der Waals surface area contributed by atoms with Crippen molar-refractivity contribution < 1.29 is 13.2 Å². The standard InChI is InChI=1S/C12H15F3/c1-4-5-10-8(2)6-7-11(9(10)3)12(13,14)15/h6-7H,4-5H2,1-3H3. The van der Waals surface area contributed by atoms with Crippen molar-refractivity contribution in [3.8, 4) is 0 Å². The van der Waals surface area contributed by atoms with Crippen LogP contribution in [0.4, 0.5) is 13.2 Å². The van der Waals surface area contributed by atoms with Gasteiger partial charge in [-0.15, -0.1) is 0 Å². The number of alkyl halides is 3. The van der Waals surface area contributed by atoms with Crippen LogP contribution < -0.4 is 0 Å². The Bertz CT molecular complexity index is 351. The third-order valence-corrected chi connectivity index (χ3v) is 2.64. The molecule has 0 aliphatic heterocycles. The Morgan fingerprint density at radius 1 is 1.13 bits per heavy atom. The second-order valence-electron chi connectivity index (χ2n) is 3.78. The molecule has 0 bridgehead atoms. The first kappa shape index (κ1) is 12.1. The minimum Gasteiger partial charge on any atom is -0.166 e. The molecule has 0 atom stereocenters. The van der Waals surface area contributed by atoms with Crippen LogP contribution in [0.1, 0.15) is 35.6 Å². The largest absolute Gasteiger partial charge is 0.416 e. The summed E-state index contributed by atoms with van der Waals surface area (Å²) in [6.07, 6.45) is -2.66. The second-order valence-corrected chi connectivity index (χ2v) is 3.78. The lowest BCUT2D eigenvalue weighted by atomic mass is 9.94. The lowest BCUT2D eigenvalue weighted by Crippen LogP contribution is -2.10. The van der Waals surface area contributed by atoms with Crippen molar-refractivity contribution in [2.75, 3.05) is 0 Å². The van der Waals surface area contributed by atoms with Crippen molar-refractivity contribution in [2.24, 2.45) is 0 Å². The third-order valence-electron chi connectivity index (χ3n) is 2.64. The van der Waals surface area contributed by atoms with Crippen molar-refractivity contribution >= 4 is 0 Å². The molecule has 0 spiro atoms. The molecule has 0 saturated carbocycles. The van der Waals surface area contributed by atoms with Crippen LogP contribution in [0.2, 0.25) is 0 Å². The second kappa shape index (κ2) is 4.25. The molecule has 0 fully saturated rings. The minimum atomic E-state index is -4.24. The monoisotopic (exact) mass is 216 g/mol. The van der Waals surface area contributed by atoms with Gasteiger partial charge in [-0.05, 0) is 43.0 Å². The van der Waals surface area contributed by atoms with Crippen LogP contribution in [0.15, 0.2) is 12.1 Å². The van der Waals surface area contributed by atoms with Gasteiger partial charge in [0.15, 0.2) is 0 Å². The van der Waals surface area contributed by atoms with Gasteiger partial charge in [0, 0.05) is 0 Å². The van der Waals surface area contributed by atoms with E-state index in [0.717, 1.165) is 17.5 Å². The highest BCUT2D eigenvalue weighted by molar-refractivity contribution is 5.41. The van der Waals surface area contributed by atoms with Crippen LogP contribution in [-0.2, 0) is 12.6 Å². The highest BCUT2D eigenvalue weighted by atomic mass is 19.4. The van der Waals surface area contributed by atoms with Crippen LogP contribution in [0.25, 0.3) is 0 Å². The summed E-state index contributed by atoms with van der Waals surface area (Å²) in [7, 11) is 0. The zero-order valence-electron chi connectivity index (χ0n) is 9.20. The van der Waals surface area contributed by atoms with Gasteiger partial charge in [0.2, 0.25) is 0 Å². The van der Waals surface area contributed by atoms with E-state index in [-0.39, 0.29) is 0 Å². The number of aryl methyl sites for hydroxylation is 1. The summed E-state index contributed by atoms with van der Waals surface area (Å²) in [5.74, 6) is 0. The molecule has 0 saturated heterocycles. The van der Waals surface area contributed by atoms with Gasteiger partial charge in [0.1, 0.15) is 0 Å². The van der Waals surface area contributed by atoms with E-state index in [2.05, 4.69) is 0 Å². The van der Waals surface area contributed by atoms with E-state index >= 15 is 0 Å². The number of benzene rings is 1. The maximum absolute atomic E-state index is 12.6. The Kier molecular flexibility index (Phi) is 3.42. The Morgan fingerprint density at radius 3 is 2.20 bits per heavy atom. The van der Waals surface area contributed by atoms with Gasteiger partial charge in [-0.2, -0.15) is 13.2 Å². The fraction of sp³-hybridized carbons (Fsp3) is 0.500. The van der Waals surface area contributed by atoms with Crippen LogP contribution in [0.3, 0.4) is 0 Å². The SMILES string of the molecule is CCCc1c(C)ccc(C(F)(F)F)c1C. The lowest BCUT2D eigenvalue weighted by molar-refractivity contribution is -0.138. The Balaban J connectivity index is 3.28. The Hall–Kier alpha value is -0.990. The normalized spacial score (nSPS) is 11.9. The van der Waals surface area contributed by atoms with E-state index in [1.165, 1.54) is 6.07 Å². The molecule has 15 heavy (non-hydrogen) atoms. The molecule has 0 radical (unpaired) electrons. The molecule has 0 aromatic heterocycles. The molecule has 0 aliphatic carbocycles. The molecular formula is C12H15F3. The molecule has 1 rings (SSSR count). The maximum Gasteiger partial charge on any atom is 0.416 e. The van der Waals surface area contributed by atoms with Gasteiger partial charge in [0.25, 0.3) is 0 Å². The van der Waals surface area contributed by atoms with E-state index in [1.807, 2.05) is 13.8 Å². The van der Waals surface area contributed by atoms with Crippen molar-refractivity contribution in [1.29, 1.82) is 0 Å². The highest BCUT2D eigenvalue weighted by Gasteiger charge is 2.33. The average Bonchev–Trinajstić information content (AvgIpc) is 2.09. The number of hydrogen-bond donors (Lipinski definition) is 0. The van der Waals surface area contributed by atoms with Crippen molar-refractivity contribution in [1.82, 2.24) is 0 Å². The topological polar surface area (TPSA) is 0 Å². The van der Waals surface area contributed by atoms with Crippen LogP contribution >= 0.6 is 0 Å². The average molecular weight is 216 g/mol. The molecule has 84 valence electrons. The summed E-state index contributed by atoms with van der Waals surface area (Å²) in [4.78, 5) is 0. The summed E-state index contributed by atoms with van der Waals surface area (Å²) in [5.41, 5.74) is 1.66. The van der Waals surface area contributed by atoms with Crippen LogP contribution in [-0.4, -0.2) is 0 Å². The fourth-order valence-corrected chi connectivity index (χ4v) is 1.83. The number of rotatable bonds is 2. The van der Waals surface area contributed by atoms with E-state index in [0.29, 0.717) is 12.0 Å². The smallest absolute Gasteiger partial charge is 0.166 e. The number of hydrogen-bond acceptors (Lipinski definition) is 0. The molecule has 1 aromatic rings. The third kappa shape index (κ3) is 2.52. The Morgan fingerprint density at radius 2 is 1.73 bits per heavy atom. The fourth-order valence-electron chi connectivity index (χ4n) is 1.83. The van der Waals surface area contributed by atoms with Crippen molar-refractivity contribution in [3.63, 3.8) is 0 Å². The molecular weight excluding hydrogens is 201 g/mol. The molecule has 0 N–H and O–H groups in total. The summed E-state index contributed by atoms with van der Waals surface area (Å²) < 4.78 is 37.8. The van der Waals surface area contributed by atoms with E-state index in [4.69, 9.17) is 0 Å². The van der Waals surface area contributed by atoms with Gasteiger partial charge < -0.3 is 0 Å². The first-order chi connectivity index (χ1) is 6.88. The molecule has 0 unspecified atom stereocenters. The highest BCUT2D eigenvalue weighted by Crippen LogP contribution is 2.34. The predicted octanol–water partition coefficient (Wildman–Crippen LogP) is 4.27. The molecule has 0 amide bonds. The quantitative estimate of drug-likeness (QED) is 0.692. The first-order valence-corrected chi connectivity index (χ1v) is 5.04. The summed E-state index contributed by atoms with van der Waals surface area (Å²) >= 11 is 0. The van der Waals surface area contributed by atoms with Gasteiger partial charge in [-0.25, -0.2) is 0 Å². The summed E-state index contributed by atoms with van der Waals surface area (Å²) in [6, 6.07) is 2.73. The minimum absolute atomic E-state index is 0.379. The lowest BCUT2D eigenvalue weighted by Gasteiger charge is -2.15. The predicted molar refractivity (Wildman–Crippen MR) is 54.9 cm³/mol. The summed E-state index contributed by atoms with van der Waals surface area (Å²) in [5, 5.41) is 0. The van der Waals surface area contributed by atoms with Crippen LogP contribution in [0, 0.1) is 13.8 Å². The molecule has 1 aromatic carbocycles. The Labute approximate surface area is 88.1 Å². The summed E-state index contributed by atoms with van der Waals surface area (Å²) in [6.45, 7) is 5.39. The first-order valence-electron chi connectivity index (χ1n) is 5.04. The van der Waals surface area contributed by atoms with Crippen molar-refractivity contribution in [3.05, 3.63) is 34.4 Å². The van der Waals surface area contributed by atoms with E-state index in [1.54, 1.807) is 13.0 Å². The molecule has 3 heteroatoms. The van der Waals surface area contributed by atoms with E-state index < -0.39 is 11.7 Å².